The molecule has 1 saturated heterocycles. The number of hydrogen-bond acceptors (Lipinski definition) is 6. The van der Waals surface area contributed by atoms with Gasteiger partial charge in [0.2, 0.25) is 0 Å². The first-order valence-electron chi connectivity index (χ1n) is 7.94. The van der Waals surface area contributed by atoms with Crippen LogP contribution in [0.5, 0.6) is 5.75 Å². The van der Waals surface area contributed by atoms with Gasteiger partial charge in [0.1, 0.15) is 11.4 Å². The van der Waals surface area contributed by atoms with Gasteiger partial charge in [0.15, 0.2) is 0 Å². The van der Waals surface area contributed by atoms with E-state index in [0.29, 0.717) is 49.0 Å². The molecule has 0 spiro atoms. The highest BCUT2D eigenvalue weighted by Crippen LogP contribution is 2.22. The molecule has 1 aliphatic heterocycles. The third-order valence-corrected chi connectivity index (χ3v) is 4.02. The Labute approximate surface area is 145 Å². The Morgan fingerprint density at radius 3 is 2.80 bits per heavy atom. The Morgan fingerprint density at radius 1 is 1.32 bits per heavy atom. The number of benzene rings is 1. The summed E-state index contributed by atoms with van der Waals surface area (Å²) in [4.78, 5) is 27.0. The highest BCUT2D eigenvalue weighted by atomic mass is 16.5. The summed E-state index contributed by atoms with van der Waals surface area (Å²) in [5.41, 5.74) is 0.994. The van der Waals surface area contributed by atoms with E-state index < -0.39 is 0 Å². The van der Waals surface area contributed by atoms with E-state index in [1.807, 2.05) is 4.90 Å². The molecule has 2 aromatic rings. The number of morpholine rings is 1. The topological polar surface area (TPSA) is 85.7 Å². The van der Waals surface area contributed by atoms with Gasteiger partial charge in [-0.15, -0.1) is 0 Å². The van der Waals surface area contributed by atoms with Crippen molar-refractivity contribution in [1.29, 1.82) is 0 Å². The molecule has 132 valence electrons. The summed E-state index contributed by atoms with van der Waals surface area (Å²) in [6, 6.07) is 6.81. The Balaban J connectivity index is 1.92. The van der Waals surface area contributed by atoms with Crippen molar-refractivity contribution in [2.24, 2.45) is 7.05 Å². The van der Waals surface area contributed by atoms with Crippen LogP contribution < -0.4 is 20.5 Å². The lowest BCUT2D eigenvalue weighted by Gasteiger charge is -2.29. The van der Waals surface area contributed by atoms with E-state index in [0.717, 1.165) is 0 Å². The molecule has 3 rings (SSSR count). The standard InChI is InChI=1S/C17H20N4O4/c1-20-17(23)15(21-6-8-25-9-7-21)14(11-18-20)19-16(22)12-4-3-5-13(10-12)24-2/h3-5,10-11H,6-9H2,1-2H3,(H,19,22). The van der Waals surface area contributed by atoms with E-state index in [2.05, 4.69) is 10.4 Å². The Bertz CT molecular complexity index is 828. The molecule has 1 aromatic carbocycles. The van der Waals surface area contributed by atoms with Crippen LogP contribution in [0.4, 0.5) is 11.4 Å². The van der Waals surface area contributed by atoms with Crippen LogP contribution in [-0.4, -0.2) is 49.1 Å². The van der Waals surface area contributed by atoms with Gasteiger partial charge in [0.25, 0.3) is 11.5 Å². The van der Waals surface area contributed by atoms with Crippen LogP contribution in [0, 0.1) is 0 Å². The lowest BCUT2D eigenvalue weighted by molar-refractivity contribution is 0.102. The van der Waals surface area contributed by atoms with Gasteiger partial charge in [0, 0.05) is 25.7 Å². The second-order valence-corrected chi connectivity index (χ2v) is 5.62. The van der Waals surface area contributed by atoms with Crippen LogP contribution in [-0.2, 0) is 11.8 Å². The molecule has 1 N–H and O–H groups in total. The summed E-state index contributed by atoms with van der Waals surface area (Å²) in [6.07, 6.45) is 1.49. The van der Waals surface area contributed by atoms with Gasteiger partial charge in [-0.05, 0) is 18.2 Å². The number of anilines is 2. The molecule has 1 fully saturated rings. The van der Waals surface area contributed by atoms with Crippen LogP contribution in [0.2, 0.25) is 0 Å². The third kappa shape index (κ3) is 3.63. The second-order valence-electron chi connectivity index (χ2n) is 5.62. The van der Waals surface area contributed by atoms with E-state index in [1.54, 1.807) is 38.4 Å². The predicted octanol–water partition coefficient (Wildman–Crippen LogP) is 0.878. The second kappa shape index (κ2) is 7.35. The fourth-order valence-electron chi connectivity index (χ4n) is 2.67. The molecule has 0 radical (unpaired) electrons. The number of amides is 1. The summed E-state index contributed by atoms with van der Waals surface area (Å²) in [6.45, 7) is 2.24. The van der Waals surface area contributed by atoms with Crippen molar-refractivity contribution in [2.75, 3.05) is 43.6 Å². The number of nitrogens with zero attached hydrogens (tertiary/aromatic N) is 3. The Hall–Kier alpha value is -2.87. The fourth-order valence-corrected chi connectivity index (χ4v) is 2.67. The van der Waals surface area contributed by atoms with E-state index in [1.165, 1.54) is 10.9 Å². The molecule has 1 amide bonds. The van der Waals surface area contributed by atoms with Crippen LogP contribution in [0.1, 0.15) is 10.4 Å². The first kappa shape index (κ1) is 17.0. The van der Waals surface area contributed by atoms with Crippen molar-refractivity contribution >= 4 is 17.3 Å². The highest BCUT2D eigenvalue weighted by Gasteiger charge is 2.21. The predicted molar refractivity (Wildman–Crippen MR) is 93.5 cm³/mol. The average molecular weight is 344 g/mol. The molecular weight excluding hydrogens is 324 g/mol. The average Bonchev–Trinajstić information content (AvgIpc) is 2.65. The number of carbonyl (C=O) groups excluding carboxylic acids is 1. The Kier molecular flexibility index (Phi) is 4.99. The monoisotopic (exact) mass is 344 g/mol. The molecule has 2 heterocycles. The van der Waals surface area contributed by atoms with Gasteiger partial charge in [-0.1, -0.05) is 6.07 Å². The minimum atomic E-state index is -0.330. The minimum absolute atomic E-state index is 0.259. The number of methoxy groups -OCH3 is 1. The lowest BCUT2D eigenvalue weighted by atomic mass is 10.2. The number of rotatable bonds is 4. The molecule has 0 unspecified atom stereocenters. The zero-order valence-electron chi connectivity index (χ0n) is 14.2. The van der Waals surface area contributed by atoms with Crippen molar-refractivity contribution in [2.45, 2.75) is 0 Å². The van der Waals surface area contributed by atoms with Crippen LogP contribution in [0.15, 0.2) is 35.3 Å². The molecule has 0 bridgehead atoms. The van der Waals surface area contributed by atoms with Crippen LogP contribution >= 0.6 is 0 Å². The van der Waals surface area contributed by atoms with Crippen molar-refractivity contribution in [3.63, 3.8) is 0 Å². The molecule has 8 nitrogen and oxygen atoms in total. The number of hydrogen-bond donors (Lipinski definition) is 1. The summed E-state index contributed by atoms with van der Waals surface area (Å²) in [5, 5.41) is 6.81. The number of nitrogens with one attached hydrogen (secondary N) is 1. The molecule has 0 atom stereocenters. The van der Waals surface area contributed by atoms with Crippen LogP contribution in [0.3, 0.4) is 0 Å². The molecule has 0 aliphatic carbocycles. The Morgan fingerprint density at radius 2 is 2.08 bits per heavy atom. The molecule has 0 saturated carbocycles. The van der Waals surface area contributed by atoms with Crippen LogP contribution in [0.25, 0.3) is 0 Å². The first-order valence-corrected chi connectivity index (χ1v) is 7.94. The van der Waals surface area contributed by atoms with Gasteiger partial charge >= 0.3 is 0 Å². The van der Waals surface area contributed by atoms with Crippen molar-refractivity contribution in [3.05, 3.63) is 46.4 Å². The number of carbonyl (C=O) groups is 1. The van der Waals surface area contributed by atoms with Gasteiger partial charge < -0.3 is 19.7 Å². The summed E-state index contributed by atoms with van der Waals surface area (Å²) in [5.74, 6) is 0.256. The largest absolute Gasteiger partial charge is 0.497 e. The zero-order valence-corrected chi connectivity index (χ0v) is 14.2. The fraction of sp³-hybridized carbons (Fsp3) is 0.353. The van der Waals surface area contributed by atoms with Gasteiger partial charge in [-0.25, -0.2) is 4.68 Å². The number of aromatic nitrogens is 2. The molecule has 25 heavy (non-hydrogen) atoms. The summed E-state index contributed by atoms with van der Waals surface area (Å²) in [7, 11) is 3.12. The van der Waals surface area contributed by atoms with Gasteiger partial charge in [0.05, 0.1) is 32.2 Å². The molecular formula is C17H20N4O4. The third-order valence-electron chi connectivity index (χ3n) is 4.02. The molecule has 8 heteroatoms. The zero-order chi connectivity index (χ0) is 17.8. The summed E-state index contributed by atoms with van der Waals surface area (Å²) >= 11 is 0. The number of ether oxygens (including phenoxy) is 2. The SMILES string of the molecule is COc1cccc(C(=O)Nc2cnn(C)c(=O)c2N2CCOCC2)c1. The molecule has 1 aliphatic rings. The maximum Gasteiger partial charge on any atom is 0.292 e. The quantitative estimate of drug-likeness (QED) is 0.886. The first-order chi connectivity index (χ1) is 12.1. The van der Waals surface area contributed by atoms with Crippen molar-refractivity contribution in [3.8, 4) is 5.75 Å². The smallest absolute Gasteiger partial charge is 0.292 e. The maximum atomic E-state index is 12.6. The van der Waals surface area contributed by atoms with Crippen molar-refractivity contribution in [1.82, 2.24) is 9.78 Å². The maximum absolute atomic E-state index is 12.6. The van der Waals surface area contributed by atoms with Gasteiger partial charge in [-0.3, -0.25) is 9.59 Å². The van der Waals surface area contributed by atoms with Gasteiger partial charge in [-0.2, -0.15) is 5.10 Å². The normalized spacial score (nSPS) is 14.2. The van der Waals surface area contributed by atoms with E-state index in [4.69, 9.17) is 9.47 Å². The molecule has 1 aromatic heterocycles. The minimum Gasteiger partial charge on any atom is -0.497 e. The van der Waals surface area contributed by atoms with Crippen molar-refractivity contribution < 1.29 is 14.3 Å². The highest BCUT2D eigenvalue weighted by molar-refractivity contribution is 6.06. The summed E-state index contributed by atoms with van der Waals surface area (Å²) < 4.78 is 11.7. The van der Waals surface area contributed by atoms with E-state index >= 15 is 0 Å². The number of aryl methyl sites for hydroxylation is 1. The van der Waals surface area contributed by atoms with E-state index in [-0.39, 0.29) is 11.5 Å². The lowest BCUT2D eigenvalue weighted by Crippen LogP contribution is -2.41. The van der Waals surface area contributed by atoms with E-state index in [9.17, 15) is 9.59 Å².